The van der Waals surface area contributed by atoms with Gasteiger partial charge in [-0.1, -0.05) is 151 Å². The predicted molar refractivity (Wildman–Crippen MR) is 187 cm³/mol. The number of carbonyl (C=O) groups is 1. The number of hydrogen-bond acceptors (Lipinski definition) is 8. The van der Waals surface area contributed by atoms with Crippen LogP contribution in [-0.2, 0) is 14.3 Å². The van der Waals surface area contributed by atoms with Gasteiger partial charge < -0.3 is 40.3 Å². The summed E-state index contributed by atoms with van der Waals surface area (Å²) in [5.41, 5.74) is 1.61. The van der Waals surface area contributed by atoms with Crippen LogP contribution in [0.25, 0.3) is 0 Å². The number of aliphatic hydroxyl groups excluding tert-OH is 5. The average Bonchev–Trinajstić information content (AvgIpc) is 3.09. The molecular weight excluding hydrogens is 610 g/mol. The molecule has 0 aromatic heterocycles. The van der Waals surface area contributed by atoms with E-state index in [-0.39, 0.29) is 25.5 Å². The summed E-state index contributed by atoms with van der Waals surface area (Å²) in [7, 11) is 0. The molecule has 9 nitrogen and oxygen atoms in total. The molecular formula is C39H61NO8. The minimum atomic E-state index is -1.60. The molecule has 5 unspecified atom stereocenters. The molecule has 0 saturated carbocycles. The summed E-state index contributed by atoms with van der Waals surface area (Å²) < 4.78 is 11.4. The second-order valence-corrected chi connectivity index (χ2v) is 13.4. The van der Waals surface area contributed by atoms with Gasteiger partial charge in [-0.15, -0.1) is 0 Å². The maximum atomic E-state index is 13.9. The first-order valence-electron chi connectivity index (χ1n) is 18.4. The van der Waals surface area contributed by atoms with Crippen LogP contribution in [0.3, 0.4) is 0 Å². The number of aliphatic hydroxyl groups is 5. The highest BCUT2D eigenvalue weighted by Gasteiger charge is 2.38. The second-order valence-electron chi connectivity index (χ2n) is 13.4. The van der Waals surface area contributed by atoms with E-state index in [9.17, 15) is 30.3 Å². The number of carbonyl (C=O) groups excluding carboxylic acids is 1. The Hall–Kier alpha value is -2.37. The van der Waals surface area contributed by atoms with Crippen molar-refractivity contribution in [2.45, 2.75) is 152 Å². The third-order valence-electron chi connectivity index (χ3n) is 9.35. The van der Waals surface area contributed by atoms with E-state index in [1.54, 1.807) is 0 Å². The molecule has 1 aliphatic heterocycles. The van der Waals surface area contributed by atoms with Gasteiger partial charge in [-0.3, -0.25) is 4.79 Å². The molecule has 1 aliphatic rings. The van der Waals surface area contributed by atoms with Crippen molar-refractivity contribution in [1.82, 2.24) is 5.32 Å². The van der Waals surface area contributed by atoms with Gasteiger partial charge in [0, 0.05) is 6.42 Å². The molecule has 1 fully saturated rings. The Balaban J connectivity index is 1.59. The molecule has 0 aliphatic carbocycles. The highest BCUT2D eigenvalue weighted by Crippen LogP contribution is 2.26. The number of ether oxygens (including phenoxy) is 2. The molecule has 7 atom stereocenters. The van der Waals surface area contributed by atoms with Gasteiger partial charge in [-0.25, -0.2) is 0 Å². The molecule has 0 spiro atoms. The van der Waals surface area contributed by atoms with Gasteiger partial charge in [0.1, 0.15) is 12.2 Å². The average molecular weight is 672 g/mol. The number of nitrogens with one attached hydrogen (secondary N) is 1. The van der Waals surface area contributed by atoms with Crippen LogP contribution in [0.5, 0.6) is 0 Å². The molecule has 270 valence electrons. The van der Waals surface area contributed by atoms with Crippen molar-refractivity contribution in [1.29, 1.82) is 0 Å². The molecule has 1 saturated heterocycles. The van der Waals surface area contributed by atoms with Gasteiger partial charge in [0.2, 0.25) is 5.91 Å². The van der Waals surface area contributed by atoms with Crippen LogP contribution in [0.1, 0.15) is 120 Å². The van der Waals surface area contributed by atoms with Gasteiger partial charge in [0.25, 0.3) is 0 Å². The number of rotatable bonds is 22. The van der Waals surface area contributed by atoms with E-state index in [0.29, 0.717) is 6.42 Å². The van der Waals surface area contributed by atoms with Gasteiger partial charge in [-0.05, 0) is 17.5 Å². The molecule has 6 N–H and O–H groups in total. The lowest BCUT2D eigenvalue weighted by molar-refractivity contribution is -0.249. The number of amides is 1. The Labute approximate surface area is 287 Å². The maximum absolute atomic E-state index is 13.9. The lowest BCUT2D eigenvalue weighted by atomic mass is 9.90. The third kappa shape index (κ3) is 14.2. The lowest BCUT2D eigenvalue weighted by Gasteiger charge is -2.35. The summed E-state index contributed by atoms with van der Waals surface area (Å²) in [6.45, 7) is 1.81. The first-order chi connectivity index (χ1) is 23.3. The molecule has 1 amide bonds. The highest BCUT2D eigenvalue weighted by molar-refractivity contribution is 5.87. The summed E-state index contributed by atoms with van der Waals surface area (Å²) in [5.74, 6) is -0.941. The summed E-state index contributed by atoms with van der Waals surface area (Å²) in [6.07, 6.45) is 8.15. The van der Waals surface area contributed by atoms with E-state index in [4.69, 9.17) is 9.47 Å². The standard InChI is InChI=1S/C39H61NO8/c1-2-3-4-5-6-7-8-9-10-11-12-13-20-25-33(42)32(28-48-39-37(45)36(44)34(43)26-31(41)27-47-39)40-38(46)35(29-21-16-14-17-22-29)30-23-18-15-19-24-30/h14-19,21-24,31-37,39,41-45H,2-13,20,25-28H2,1H3,(H,40,46)/t31?,32-,33+,34?,36?,37?,39?/m0/s1. The van der Waals surface area contributed by atoms with Crippen LogP contribution in [0.15, 0.2) is 60.7 Å². The van der Waals surface area contributed by atoms with Crippen LogP contribution in [0.2, 0.25) is 0 Å². The van der Waals surface area contributed by atoms with Crippen LogP contribution >= 0.6 is 0 Å². The van der Waals surface area contributed by atoms with E-state index in [1.807, 2.05) is 60.7 Å². The first-order valence-corrected chi connectivity index (χ1v) is 18.4. The van der Waals surface area contributed by atoms with Crippen LogP contribution in [0, 0.1) is 0 Å². The highest BCUT2D eigenvalue weighted by atomic mass is 16.7. The van der Waals surface area contributed by atoms with Crippen molar-refractivity contribution in [3.63, 3.8) is 0 Å². The van der Waals surface area contributed by atoms with Crippen molar-refractivity contribution >= 4 is 5.91 Å². The van der Waals surface area contributed by atoms with E-state index in [2.05, 4.69) is 12.2 Å². The molecule has 1 heterocycles. The normalized spacial score (nSPS) is 22.9. The fourth-order valence-corrected chi connectivity index (χ4v) is 6.40. The third-order valence-corrected chi connectivity index (χ3v) is 9.35. The topological polar surface area (TPSA) is 149 Å². The van der Waals surface area contributed by atoms with E-state index < -0.39 is 48.8 Å². The van der Waals surface area contributed by atoms with E-state index in [1.165, 1.54) is 64.2 Å². The Bertz CT molecular complexity index is 1070. The predicted octanol–water partition coefficient (Wildman–Crippen LogP) is 5.35. The van der Waals surface area contributed by atoms with Crippen LogP contribution in [0.4, 0.5) is 0 Å². The molecule has 48 heavy (non-hydrogen) atoms. The summed E-state index contributed by atoms with van der Waals surface area (Å²) in [6, 6.07) is 18.0. The molecule has 3 rings (SSSR count). The summed E-state index contributed by atoms with van der Waals surface area (Å²) >= 11 is 0. The van der Waals surface area contributed by atoms with E-state index in [0.717, 1.165) is 30.4 Å². The summed E-state index contributed by atoms with van der Waals surface area (Å²) in [5, 5.41) is 55.7. The zero-order valence-electron chi connectivity index (χ0n) is 28.9. The van der Waals surface area contributed by atoms with Gasteiger partial charge in [-0.2, -0.15) is 0 Å². The fourth-order valence-electron chi connectivity index (χ4n) is 6.40. The molecule has 2 aromatic carbocycles. The van der Waals surface area contributed by atoms with Crippen molar-refractivity contribution in [3.8, 4) is 0 Å². The van der Waals surface area contributed by atoms with Crippen LogP contribution < -0.4 is 5.32 Å². The summed E-state index contributed by atoms with van der Waals surface area (Å²) in [4.78, 5) is 13.9. The lowest BCUT2D eigenvalue weighted by Crippen LogP contribution is -2.53. The van der Waals surface area contributed by atoms with Crippen molar-refractivity contribution in [2.24, 2.45) is 0 Å². The van der Waals surface area contributed by atoms with Crippen molar-refractivity contribution in [2.75, 3.05) is 13.2 Å². The van der Waals surface area contributed by atoms with Crippen molar-refractivity contribution in [3.05, 3.63) is 71.8 Å². The Morgan fingerprint density at radius 3 is 1.79 bits per heavy atom. The Morgan fingerprint density at radius 2 is 1.27 bits per heavy atom. The van der Waals surface area contributed by atoms with Crippen molar-refractivity contribution < 1.29 is 39.8 Å². The zero-order valence-corrected chi connectivity index (χ0v) is 28.9. The number of benzene rings is 2. The zero-order chi connectivity index (χ0) is 34.6. The molecule has 0 bridgehead atoms. The fraction of sp³-hybridized carbons (Fsp3) is 0.667. The first kappa shape index (κ1) is 40.1. The van der Waals surface area contributed by atoms with Gasteiger partial charge in [0.05, 0.1) is 43.5 Å². The Kier molecular flexibility index (Phi) is 19.3. The minimum absolute atomic E-state index is 0.151. The second kappa shape index (κ2) is 23.1. The molecule has 0 radical (unpaired) electrons. The van der Waals surface area contributed by atoms with Gasteiger partial charge >= 0.3 is 0 Å². The minimum Gasteiger partial charge on any atom is -0.391 e. The SMILES string of the molecule is CCCCCCCCCCCCCCC[C@@H](O)[C@H](COC1OCC(O)CC(O)C(O)C1O)NC(=O)C(c1ccccc1)c1ccccc1. The van der Waals surface area contributed by atoms with E-state index >= 15 is 0 Å². The number of unbranched alkanes of at least 4 members (excludes halogenated alkanes) is 12. The number of hydrogen-bond donors (Lipinski definition) is 6. The van der Waals surface area contributed by atoms with Crippen LogP contribution in [-0.4, -0.2) is 87.5 Å². The quantitative estimate of drug-likeness (QED) is 0.0918. The largest absolute Gasteiger partial charge is 0.391 e. The smallest absolute Gasteiger partial charge is 0.232 e. The molecule has 2 aromatic rings. The maximum Gasteiger partial charge on any atom is 0.232 e. The van der Waals surface area contributed by atoms with Gasteiger partial charge in [0.15, 0.2) is 6.29 Å². The molecule has 9 heteroatoms. The Morgan fingerprint density at radius 1 is 0.771 bits per heavy atom. The monoisotopic (exact) mass is 671 g/mol.